The van der Waals surface area contributed by atoms with Crippen LogP contribution >= 0.6 is 0 Å². The number of aliphatic hydroxyl groups is 3. The summed E-state index contributed by atoms with van der Waals surface area (Å²) in [4.78, 5) is 143. The van der Waals surface area contributed by atoms with Crippen molar-refractivity contribution < 1.29 is 78.3 Å². The van der Waals surface area contributed by atoms with Crippen molar-refractivity contribution in [2.45, 2.75) is 153 Å². The molecule has 10 amide bonds. The second-order valence-electron chi connectivity index (χ2n) is 17.4. The van der Waals surface area contributed by atoms with Crippen LogP contribution in [0.3, 0.4) is 0 Å². The molecule has 0 bridgehead atoms. The summed E-state index contributed by atoms with van der Waals surface area (Å²) in [6.07, 6.45) is -3.70. The molecule has 2 rings (SSSR count). The number of aromatic hydroxyl groups is 1. The molecule has 0 aromatic heterocycles. The van der Waals surface area contributed by atoms with Crippen molar-refractivity contribution in [2.75, 3.05) is 13.2 Å². The summed E-state index contributed by atoms with van der Waals surface area (Å²) in [6.45, 7) is 6.53. The number of hydrogen-bond donors (Lipinski definition) is 16. The molecule has 18 N–H and O–H groups in total. The number of primary amides is 2. The number of phenols is 1. The molecule has 27 heteroatoms. The van der Waals surface area contributed by atoms with Crippen LogP contribution in [0.1, 0.15) is 85.1 Å². The number of aliphatic carboxylic acids is 1. The molecule has 12 unspecified atom stereocenters. The molecule has 0 radical (unpaired) electrons. The van der Waals surface area contributed by atoms with E-state index in [0.717, 1.165) is 13.3 Å². The molecular formula is C44H69N11O16. The van der Waals surface area contributed by atoms with Crippen LogP contribution in [0, 0.1) is 5.92 Å². The Morgan fingerprint density at radius 2 is 1.08 bits per heavy atom. The van der Waals surface area contributed by atoms with Crippen LogP contribution in [0.15, 0.2) is 24.3 Å². The molecule has 27 nitrogen and oxygen atoms in total. The van der Waals surface area contributed by atoms with Gasteiger partial charge in [0.05, 0.1) is 24.9 Å². The molecule has 1 fully saturated rings. The van der Waals surface area contributed by atoms with E-state index < -0.39 is 170 Å². The third-order valence-electron chi connectivity index (χ3n) is 11.5. The fraction of sp³-hybridized carbons (Fsp3) is 0.614. The number of hydrogen-bond acceptors (Lipinski definition) is 16. The van der Waals surface area contributed by atoms with E-state index in [2.05, 4.69) is 42.5 Å². The number of carbonyl (C=O) groups excluding carboxylic acids is 10. The summed E-state index contributed by atoms with van der Waals surface area (Å²) in [5.41, 5.74) is 10.8. The molecule has 0 saturated carbocycles. The van der Waals surface area contributed by atoms with Crippen LogP contribution in [0.2, 0.25) is 0 Å². The zero-order chi connectivity index (χ0) is 53.7. The van der Waals surface area contributed by atoms with E-state index in [-0.39, 0.29) is 12.2 Å². The monoisotopic (exact) mass is 1010 g/mol. The van der Waals surface area contributed by atoms with Gasteiger partial charge in [-0.2, -0.15) is 0 Å². The lowest BCUT2D eigenvalue weighted by Crippen LogP contribution is -2.62. The van der Waals surface area contributed by atoms with Gasteiger partial charge in [0.1, 0.15) is 48.0 Å². The van der Waals surface area contributed by atoms with Crippen molar-refractivity contribution in [3.63, 3.8) is 0 Å². The first-order chi connectivity index (χ1) is 33.3. The SMILES string of the molecule is CCC(C)C(NC(=O)C1CCCN1)C(=O)NC(C(=O)NC(C)C(=O)NC(Cc1ccc(O)cc1)C(=O)NC(CO)C(=O)NC(CCC(N)=O)C(=O)NC(CCC(N)=O)C(=O)NC(C(=O)O)C(C)O)C(C)O. The highest BCUT2D eigenvalue weighted by Gasteiger charge is 2.37. The van der Waals surface area contributed by atoms with Gasteiger partial charge in [-0.3, -0.25) is 47.9 Å². The Morgan fingerprint density at radius 3 is 1.55 bits per heavy atom. The maximum Gasteiger partial charge on any atom is 0.328 e. The predicted octanol–water partition coefficient (Wildman–Crippen LogP) is -6.00. The molecule has 0 aliphatic carbocycles. The van der Waals surface area contributed by atoms with Gasteiger partial charge in [-0.1, -0.05) is 32.4 Å². The molecule has 12 atom stereocenters. The van der Waals surface area contributed by atoms with Gasteiger partial charge in [-0.15, -0.1) is 0 Å². The first kappa shape index (κ1) is 60.2. The number of carboxylic acid groups (broad SMARTS) is 1. The minimum Gasteiger partial charge on any atom is -0.508 e. The number of rotatable bonds is 30. The fourth-order valence-electron chi connectivity index (χ4n) is 7.02. The molecule has 1 aliphatic heterocycles. The van der Waals surface area contributed by atoms with Gasteiger partial charge in [0, 0.05) is 19.3 Å². The van der Waals surface area contributed by atoms with E-state index in [1.54, 1.807) is 13.8 Å². The Bertz CT molecular complexity index is 2050. The van der Waals surface area contributed by atoms with Crippen LogP contribution < -0.4 is 59.3 Å². The highest BCUT2D eigenvalue weighted by Crippen LogP contribution is 2.14. The number of phenolic OH excluding ortho intramolecular Hbond substituents is 1. The summed E-state index contributed by atoms with van der Waals surface area (Å²) < 4.78 is 0. The van der Waals surface area contributed by atoms with Crippen LogP contribution in [0.4, 0.5) is 0 Å². The van der Waals surface area contributed by atoms with E-state index in [1.807, 2.05) is 5.32 Å². The average Bonchev–Trinajstić information content (AvgIpc) is 3.86. The third-order valence-corrected chi connectivity index (χ3v) is 11.5. The molecule has 71 heavy (non-hydrogen) atoms. The van der Waals surface area contributed by atoms with Gasteiger partial charge < -0.3 is 84.9 Å². The lowest BCUT2D eigenvalue weighted by Gasteiger charge is -2.29. The summed E-state index contributed by atoms with van der Waals surface area (Å²) in [7, 11) is 0. The van der Waals surface area contributed by atoms with Gasteiger partial charge >= 0.3 is 5.97 Å². The maximum atomic E-state index is 13.9. The lowest BCUT2D eigenvalue weighted by molar-refractivity contribution is -0.145. The topological polar surface area (TPSA) is 449 Å². The summed E-state index contributed by atoms with van der Waals surface area (Å²) in [5, 5.41) is 71.7. The summed E-state index contributed by atoms with van der Waals surface area (Å²) >= 11 is 0. The second-order valence-corrected chi connectivity index (χ2v) is 17.4. The highest BCUT2D eigenvalue weighted by molar-refractivity contribution is 5.98. The van der Waals surface area contributed by atoms with Crippen LogP contribution in [0.25, 0.3) is 0 Å². The fourth-order valence-corrected chi connectivity index (χ4v) is 7.02. The molecule has 1 aromatic rings. The first-order valence-electron chi connectivity index (χ1n) is 23.0. The predicted molar refractivity (Wildman–Crippen MR) is 248 cm³/mol. The summed E-state index contributed by atoms with van der Waals surface area (Å²) in [5.74, 6) is -11.9. The Labute approximate surface area is 409 Å². The number of carbonyl (C=O) groups is 11. The number of benzene rings is 1. The minimum absolute atomic E-state index is 0.144. The molecule has 396 valence electrons. The minimum atomic E-state index is -1.88. The standard InChI is InChI=1S/C44H69N11O16/c1-6-20(2)33(53-37(63)26-8-7-17-47-26)42(68)54-34(22(4)57)43(69)48-21(3)36(62)51-29(18-24-9-11-25(59)12-10-24)40(66)52-30(19-56)41(67)50-27(13-15-31(45)60)38(64)49-28(14-16-32(46)61)39(65)55-35(23(5)58)44(70)71/h9-12,20-23,26-30,33-35,47,56-59H,6-8,13-19H2,1-5H3,(H2,45,60)(H2,46,61)(H,48,69)(H,49,64)(H,50,67)(H,51,62)(H,52,66)(H,53,63)(H,54,68)(H,55,65)(H,70,71). The zero-order valence-electron chi connectivity index (χ0n) is 40.2. The van der Waals surface area contributed by atoms with Gasteiger partial charge in [-0.05, 0) is 76.6 Å². The normalized spacial score (nSPS) is 17.8. The smallest absolute Gasteiger partial charge is 0.328 e. The maximum absolute atomic E-state index is 13.9. The van der Waals surface area contributed by atoms with E-state index in [9.17, 15) is 78.3 Å². The van der Waals surface area contributed by atoms with Crippen molar-refractivity contribution in [3.05, 3.63) is 29.8 Å². The van der Waals surface area contributed by atoms with Crippen molar-refractivity contribution in [2.24, 2.45) is 17.4 Å². The van der Waals surface area contributed by atoms with Crippen LogP contribution in [0.5, 0.6) is 5.75 Å². The molecule has 1 aromatic carbocycles. The zero-order valence-corrected chi connectivity index (χ0v) is 40.2. The number of nitrogens with two attached hydrogens (primary N) is 2. The number of aliphatic hydroxyl groups excluding tert-OH is 3. The Balaban J connectivity index is 2.32. The van der Waals surface area contributed by atoms with Crippen LogP contribution in [-0.4, -0.2) is 170 Å². The van der Waals surface area contributed by atoms with Gasteiger partial charge in [0.2, 0.25) is 59.1 Å². The van der Waals surface area contributed by atoms with Gasteiger partial charge in [0.25, 0.3) is 0 Å². The van der Waals surface area contributed by atoms with E-state index in [0.29, 0.717) is 24.9 Å². The molecule has 1 saturated heterocycles. The van der Waals surface area contributed by atoms with E-state index in [1.165, 1.54) is 38.1 Å². The average molecular weight is 1010 g/mol. The van der Waals surface area contributed by atoms with Gasteiger partial charge in [0.15, 0.2) is 6.04 Å². The largest absolute Gasteiger partial charge is 0.508 e. The van der Waals surface area contributed by atoms with E-state index in [4.69, 9.17) is 11.5 Å². The number of amides is 10. The number of carboxylic acids is 1. The Hall–Kier alpha value is -6.97. The molecular weight excluding hydrogens is 939 g/mol. The first-order valence-corrected chi connectivity index (χ1v) is 23.0. The van der Waals surface area contributed by atoms with Crippen molar-refractivity contribution >= 4 is 65.0 Å². The Kier molecular flexibility index (Phi) is 24.8. The summed E-state index contributed by atoms with van der Waals surface area (Å²) in [6, 6.07) is -8.07. The second kappa shape index (κ2) is 29.3. The van der Waals surface area contributed by atoms with Crippen molar-refractivity contribution in [1.29, 1.82) is 0 Å². The van der Waals surface area contributed by atoms with Crippen LogP contribution in [-0.2, 0) is 59.2 Å². The molecule has 1 heterocycles. The lowest BCUT2D eigenvalue weighted by atomic mass is 9.97. The quantitative estimate of drug-likeness (QED) is 0.0341. The number of nitrogens with one attached hydrogen (secondary N) is 9. The van der Waals surface area contributed by atoms with Crippen molar-refractivity contribution in [3.8, 4) is 5.75 Å². The highest BCUT2D eigenvalue weighted by atomic mass is 16.4. The van der Waals surface area contributed by atoms with E-state index >= 15 is 0 Å². The molecule has 1 aliphatic rings. The third kappa shape index (κ3) is 20.1. The Morgan fingerprint density at radius 1 is 0.620 bits per heavy atom. The van der Waals surface area contributed by atoms with Gasteiger partial charge in [-0.25, -0.2) is 4.79 Å². The van der Waals surface area contributed by atoms with Crippen molar-refractivity contribution in [1.82, 2.24) is 47.9 Å². The molecule has 0 spiro atoms.